The lowest BCUT2D eigenvalue weighted by Crippen LogP contribution is -2.04. The quantitative estimate of drug-likeness (QED) is 0.410. The summed E-state index contributed by atoms with van der Waals surface area (Å²) in [7, 11) is 0. The molecule has 0 aliphatic rings. The molecule has 1 aromatic heterocycles. The molecule has 0 radical (unpaired) electrons. The van der Waals surface area contributed by atoms with E-state index < -0.39 is 23.5 Å². The zero-order valence-electron chi connectivity index (χ0n) is 12.6. The minimum atomic E-state index is -4.46. The molecule has 26 heavy (non-hydrogen) atoms. The maximum Gasteiger partial charge on any atom is 0.416 e. The first-order valence-electron chi connectivity index (χ1n) is 7.07. The van der Waals surface area contributed by atoms with Crippen LogP contribution >= 0.6 is 22.9 Å². The van der Waals surface area contributed by atoms with Crippen molar-refractivity contribution in [3.05, 3.63) is 64.1 Å². The Morgan fingerprint density at radius 1 is 0.692 bits per heavy atom. The standard InChI is InChI=1S/C17H8ClF6NS/c18-15-25-13(9-1-5-11(6-2-9)16(19,20)21)14(26-15)10-3-7-12(8-4-10)17(22,23)24/h1-8H. The van der Waals surface area contributed by atoms with Crippen molar-refractivity contribution < 1.29 is 26.3 Å². The molecule has 2 aromatic carbocycles. The lowest BCUT2D eigenvalue weighted by Gasteiger charge is -2.09. The van der Waals surface area contributed by atoms with E-state index in [0.717, 1.165) is 35.6 Å². The monoisotopic (exact) mass is 407 g/mol. The maximum atomic E-state index is 12.7. The van der Waals surface area contributed by atoms with E-state index >= 15 is 0 Å². The van der Waals surface area contributed by atoms with E-state index in [1.54, 1.807) is 0 Å². The van der Waals surface area contributed by atoms with Gasteiger partial charge in [-0.15, -0.1) is 11.3 Å². The van der Waals surface area contributed by atoms with Gasteiger partial charge in [0, 0.05) is 5.56 Å². The number of benzene rings is 2. The second-order valence-corrected chi connectivity index (χ2v) is 6.88. The van der Waals surface area contributed by atoms with E-state index in [2.05, 4.69) is 4.98 Å². The highest BCUT2D eigenvalue weighted by Gasteiger charge is 2.31. The molecule has 0 amide bonds. The van der Waals surface area contributed by atoms with Gasteiger partial charge in [-0.2, -0.15) is 26.3 Å². The van der Waals surface area contributed by atoms with E-state index in [-0.39, 0.29) is 4.47 Å². The third kappa shape index (κ3) is 3.86. The van der Waals surface area contributed by atoms with Crippen LogP contribution in [-0.4, -0.2) is 4.98 Å². The number of aromatic nitrogens is 1. The zero-order valence-corrected chi connectivity index (χ0v) is 14.2. The van der Waals surface area contributed by atoms with Crippen LogP contribution in [0.2, 0.25) is 4.47 Å². The van der Waals surface area contributed by atoms with E-state index in [1.807, 2.05) is 0 Å². The summed E-state index contributed by atoms with van der Waals surface area (Å²) in [6.07, 6.45) is -8.92. The summed E-state index contributed by atoms with van der Waals surface area (Å²) in [6.45, 7) is 0. The van der Waals surface area contributed by atoms with Gasteiger partial charge in [0.15, 0.2) is 4.47 Å². The predicted molar refractivity (Wildman–Crippen MR) is 88.0 cm³/mol. The van der Waals surface area contributed by atoms with Crippen LogP contribution in [0.4, 0.5) is 26.3 Å². The maximum absolute atomic E-state index is 12.7. The molecule has 0 spiro atoms. The Morgan fingerprint density at radius 3 is 1.54 bits per heavy atom. The van der Waals surface area contributed by atoms with Gasteiger partial charge in [-0.25, -0.2) is 4.98 Å². The molecule has 1 heterocycles. The molecule has 0 atom stereocenters. The van der Waals surface area contributed by atoms with Crippen molar-refractivity contribution >= 4 is 22.9 Å². The van der Waals surface area contributed by atoms with Gasteiger partial charge < -0.3 is 0 Å². The van der Waals surface area contributed by atoms with Crippen LogP contribution in [0.15, 0.2) is 48.5 Å². The predicted octanol–water partition coefficient (Wildman–Crippen LogP) is 7.17. The third-order valence-electron chi connectivity index (χ3n) is 3.56. The van der Waals surface area contributed by atoms with Crippen molar-refractivity contribution in [2.75, 3.05) is 0 Å². The molecule has 0 aliphatic heterocycles. The minimum absolute atomic E-state index is 0.134. The van der Waals surface area contributed by atoms with Crippen LogP contribution in [0.3, 0.4) is 0 Å². The van der Waals surface area contributed by atoms with Crippen molar-refractivity contribution in [1.82, 2.24) is 4.98 Å². The molecule has 136 valence electrons. The Bertz CT molecular complexity index is 835. The molecule has 0 unspecified atom stereocenters. The topological polar surface area (TPSA) is 12.9 Å². The van der Waals surface area contributed by atoms with Gasteiger partial charge in [-0.05, 0) is 29.8 Å². The number of hydrogen-bond acceptors (Lipinski definition) is 2. The molecule has 0 fully saturated rings. The zero-order chi connectivity index (χ0) is 19.1. The second kappa shape index (κ2) is 6.59. The molecular formula is C17H8ClF6NS. The van der Waals surface area contributed by atoms with Gasteiger partial charge in [0.2, 0.25) is 0 Å². The molecule has 0 saturated carbocycles. The first kappa shape index (κ1) is 18.7. The molecule has 9 heteroatoms. The number of thiazole rings is 1. The van der Waals surface area contributed by atoms with E-state index in [9.17, 15) is 26.3 Å². The molecular weight excluding hydrogens is 400 g/mol. The Kier molecular flexibility index (Phi) is 4.74. The average Bonchev–Trinajstić information content (AvgIpc) is 2.95. The van der Waals surface area contributed by atoms with Crippen molar-refractivity contribution in [3.63, 3.8) is 0 Å². The summed E-state index contributed by atoms with van der Waals surface area (Å²) >= 11 is 6.96. The summed E-state index contributed by atoms with van der Waals surface area (Å²) in [5, 5.41) is 0. The Balaban J connectivity index is 2.01. The highest BCUT2D eigenvalue weighted by Crippen LogP contribution is 2.40. The smallest absolute Gasteiger partial charge is 0.224 e. The summed E-state index contributed by atoms with van der Waals surface area (Å²) < 4.78 is 76.2. The summed E-state index contributed by atoms with van der Waals surface area (Å²) in [5.74, 6) is 0. The van der Waals surface area contributed by atoms with E-state index in [0.29, 0.717) is 21.7 Å². The molecule has 0 bridgehead atoms. The van der Waals surface area contributed by atoms with Crippen LogP contribution in [-0.2, 0) is 12.4 Å². The fourth-order valence-corrected chi connectivity index (χ4v) is 3.45. The van der Waals surface area contributed by atoms with Gasteiger partial charge in [-0.1, -0.05) is 35.9 Å². The van der Waals surface area contributed by atoms with Crippen molar-refractivity contribution in [2.45, 2.75) is 12.4 Å². The Morgan fingerprint density at radius 2 is 1.12 bits per heavy atom. The van der Waals surface area contributed by atoms with E-state index in [1.165, 1.54) is 24.3 Å². The largest absolute Gasteiger partial charge is 0.416 e. The van der Waals surface area contributed by atoms with Gasteiger partial charge in [0.1, 0.15) is 0 Å². The van der Waals surface area contributed by atoms with Crippen LogP contribution in [0.25, 0.3) is 21.7 Å². The second-order valence-electron chi connectivity index (χ2n) is 5.29. The van der Waals surface area contributed by atoms with Crippen LogP contribution in [0.1, 0.15) is 11.1 Å². The normalized spacial score (nSPS) is 12.4. The lowest BCUT2D eigenvalue weighted by molar-refractivity contribution is -0.138. The summed E-state index contributed by atoms with van der Waals surface area (Å²) in [5.41, 5.74) is -0.464. The average molecular weight is 408 g/mol. The van der Waals surface area contributed by atoms with Gasteiger partial charge in [-0.3, -0.25) is 0 Å². The fraction of sp³-hybridized carbons (Fsp3) is 0.118. The van der Waals surface area contributed by atoms with E-state index in [4.69, 9.17) is 11.6 Å². The molecule has 0 aliphatic carbocycles. The lowest BCUT2D eigenvalue weighted by atomic mass is 10.0. The number of rotatable bonds is 2. The van der Waals surface area contributed by atoms with Crippen molar-refractivity contribution in [1.29, 1.82) is 0 Å². The van der Waals surface area contributed by atoms with Crippen molar-refractivity contribution in [3.8, 4) is 21.7 Å². The van der Waals surface area contributed by atoms with Crippen LogP contribution in [0.5, 0.6) is 0 Å². The fourth-order valence-electron chi connectivity index (χ4n) is 2.31. The van der Waals surface area contributed by atoms with Gasteiger partial charge >= 0.3 is 12.4 Å². The SMILES string of the molecule is FC(F)(F)c1ccc(-c2nc(Cl)sc2-c2ccc(C(F)(F)F)cc2)cc1. The van der Waals surface area contributed by atoms with Crippen molar-refractivity contribution in [2.24, 2.45) is 0 Å². The molecule has 1 nitrogen and oxygen atoms in total. The highest BCUT2D eigenvalue weighted by atomic mass is 35.5. The minimum Gasteiger partial charge on any atom is -0.224 e. The molecule has 3 rings (SSSR count). The van der Waals surface area contributed by atoms with Crippen LogP contribution in [0, 0.1) is 0 Å². The number of hydrogen-bond donors (Lipinski definition) is 0. The Hall–Kier alpha value is -2.06. The Labute approximate surface area is 152 Å². The molecule has 3 aromatic rings. The number of nitrogens with zero attached hydrogens (tertiary/aromatic N) is 1. The number of alkyl halides is 6. The first-order valence-corrected chi connectivity index (χ1v) is 8.27. The summed E-state index contributed by atoms with van der Waals surface area (Å²) in [6, 6.07) is 8.75. The third-order valence-corrected chi connectivity index (χ3v) is 4.77. The number of halogens is 7. The first-order chi connectivity index (χ1) is 12.1. The van der Waals surface area contributed by atoms with Crippen LogP contribution < -0.4 is 0 Å². The van der Waals surface area contributed by atoms with Gasteiger partial charge in [0.25, 0.3) is 0 Å². The molecule has 0 N–H and O–H groups in total. The molecule has 0 saturated heterocycles. The summed E-state index contributed by atoms with van der Waals surface area (Å²) in [4.78, 5) is 4.58. The highest BCUT2D eigenvalue weighted by molar-refractivity contribution is 7.19. The van der Waals surface area contributed by atoms with Gasteiger partial charge in [0.05, 0.1) is 21.7 Å².